The molecule has 0 saturated carbocycles. The number of nitriles is 1. The first-order chi connectivity index (χ1) is 8.20. The van der Waals surface area contributed by atoms with E-state index in [4.69, 9.17) is 5.26 Å². The number of hydrogen-bond acceptors (Lipinski definition) is 2. The average molecular weight is 294 g/mol. The Morgan fingerprint density at radius 2 is 2.12 bits per heavy atom. The summed E-state index contributed by atoms with van der Waals surface area (Å²) in [4.78, 5) is 13.7. The van der Waals surface area contributed by atoms with Gasteiger partial charge in [-0.15, -0.1) is 0 Å². The average Bonchev–Trinajstić information content (AvgIpc) is 2.83. The Balaban J connectivity index is 2.15. The van der Waals surface area contributed by atoms with Gasteiger partial charge in [0.25, 0.3) is 0 Å². The Bertz CT molecular complexity index is 475. The monoisotopic (exact) mass is 293 g/mol. The van der Waals surface area contributed by atoms with Crippen molar-refractivity contribution in [2.75, 3.05) is 18.4 Å². The highest BCUT2D eigenvalue weighted by Gasteiger charge is 2.18. The number of nitrogens with one attached hydrogen (secondary N) is 1. The van der Waals surface area contributed by atoms with Crippen LogP contribution >= 0.6 is 15.9 Å². The maximum Gasteiger partial charge on any atom is 0.321 e. The first kappa shape index (κ1) is 11.9. The number of carbonyl (C=O) groups excluding carboxylic acids is 1. The Morgan fingerprint density at radius 1 is 1.41 bits per heavy atom. The lowest BCUT2D eigenvalue weighted by Crippen LogP contribution is -2.32. The minimum atomic E-state index is -0.128. The van der Waals surface area contributed by atoms with Crippen LogP contribution in [0.4, 0.5) is 10.5 Å². The number of hydrogen-bond donors (Lipinski definition) is 1. The van der Waals surface area contributed by atoms with E-state index in [0.29, 0.717) is 11.3 Å². The van der Waals surface area contributed by atoms with Gasteiger partial charge in [0.05, 0.1) is 11.3 Å². The van der Waals surface area contributed by atoms with Crippen molar-refractivity contribution in [2.45, 2.75) is 12.8 Å². The summed E-state index contributed by atoms with van der Waals surface area (Å²) in [6, 6.07) is 7.15. The zero-order valence-corrected chi connectivity index (χ0v) is 10.8. The highest BCUT2D eigenvalue weighted by atomic mass is 79.9. The zero-order valence-electron chi connectivity index (χ0n) is 9.24. The van der Waals surface area contributed by atoms with E-state index in [2.05, 4.69) is 27.3 Å². The molecule has 1 N–H and O–H groups in total. The Kier molecular flexibility index (Phi) is 3.64. The third kappa shape index (κ3) is 2.77. The van der Waals surface area contributed by atoms with Gasteiger partial charge >= 0.3 is 6.03 Å². The molecule has 17 heavy (non-hydrogen) atoms. The van der Waals surface area contributed by atoms with Gasteiger partial charge in [-0.25, -0.2) is 4.79 Å². The van der Waals surface area contributed by atoms with E-state index in [-0.39, 0.29) is 6.03 Å². The Hall–Kier alpha value is -1.54. The van der Waals surface area contributed by atoms with Crippen LogP contribution in [-0.2, 0) is 0 Å². The summed E-state index contributed by atoms with van der Waals surface area (Å²) < 4.78 is 0.841. The lowest BCUT2D eigenvalue weighted by molar-refractivity contribution is 0.222. The molecule has 1 aliphatic heterocycles. The lowest BCUT2D eigenvalue weighted by atomic mass is 10.2. The van der Waals surface area contributed by atoms with E-state index < -0.39 is 0 Å². The molecule has 4 nitrogen and oxygen atoms in total. The van der Waals surface area contributed by atoms with Crippen LogP contribution in [0.3, 0.4) is 0 Å². The van der Waals surface area contributed by atoms with Gasteiger partial charge in [0.2, 0.25) is 0 Å². The number of likely N-dealkylation sites (tertiary alicyclic amines) is 1. The molecule has 1 aliphatic rings. The first-order valence-corrected chi connectivity index (χ1v) is 6.25. The maximum absolute atomic E-state index is 11.9. The van der Waals surface area contributed by atoms with Crippen molar-refractivity contribution in [2.24, 2.45) is 0 Å². The van der Waals surface area contributed by atoms with Crippen LogP contribution in [0.5, 0.6) is 0 Å². The summed E-state index contributed by atoms with van der Waals surface area (Å²) in [7, 11) is 0. The summed E-state index contributed by atoms with van der Waals surface area (Å²) in [5.41, 5.74) is 1.03. The van der Waals surface area contributed by atoms with Crippen LogP contribution in [0.1, 0.15) is 18.4 Å². The predicted octanol–water partition coefficient (Wildman–Crippen LogP) is 2.95. The second-order valence-corrected chi connectivity index (χ2v) is 4.84. The van der Waals surface area contributed by atoms with Crippen molar-refractivity contribution < 1.29 is 4.79 Å². The van der Waals surface area contributed by atoms with Crippen LogP contribution in [-0.4, -0.2) is 24.0 Å². The molecule has 1 aromatic carbocycles. The molecule has 1 fully saturated rings. The maximum atomic E-state index is 11.9. The van der Waals surface area contributed by atoms with E-state index in [9.17, 15) is 4.79 Å². The van der Waals surface area contributed by atoms with E-state index in [1.807, 2.05) is 0 Å². The van der Waals surface area contributed by atoms with Crippen LogP contribution < -0.4 is 5.32 Å². The summed E-state index contributed by atoms with van der Waals surface area (Å²) in [5.74, 6) is 0. The summed E-state index contributed by atoms with van der Waals surface area (Å²) >= 11 is 3.32. The third-order valence-electron chi connectivity index (χ3n) is 2.74. The number of carbonyl (C=O) groups is 1. The van der Waals surface area contributed by atoms with E-state index in [0.717, 1.165) is 30.4 Å². The van der Waals surface area contributed by atoms with Gasteiger partial charge in [-0.1, -0.05) is 15.9 Å². The number of nitrogens with zero attached hydrogens (tertiary/aromatic N) is 2. The highest BCUT2D eigenvalue weighted by molar-refractivity contribution is 9.10. The molecule has 1 aromatic rings. The molecular weight excluding hydrogens is 282 g/mol. The molecule has 0 atom stereocenters. The molecular formula is C12H12BrN3O. The molecule has 0 aromatic heterocycles. The van der Waals surface area contributed by atoms with E-state index >= 15 is 0 Å². The molecule has 0 unspecified atom stereocenters. The van der Waals surface area contributed by atoms with Crippen molar-refractivity contribution >= 4 is 27.6 Å². The van der Waals surface area contributed by atoms with Gasteiger partial charge in [0, 0.05) is 17.6 Å². The zero-order chi connectivity index (χ0) is 12.3. The van der Waals surface area contributed by atoms with Crippen LogP contribution in [0.25, 0.3) is 0 Å². The molecule has 2 rings (SSSR count). The molecule has 5 heteroatoms. The molecule has 2 amide bonds. The second kappa shape index (κ2) is 5.19. The van der Waals surface area contributed by atoms with Gasteiger partial charge in [-0.05, 0) is 31.0 Å². The topological polar surface area (TPSA) is 56.1 Å². The fourth-order valence-electron chi connectivity index (χ4n) is 1.83. The van der Waals surface area contributed by atoms with Crippen molar-refractivity contribution in [1.82, 2.24) is 4.90 Å². The number of anilines is 1. The number of rotatable bonds is 1. The van der Waals surface area contributed by atoms with Crippen LogP contribution in [0, 0.1) is 11.3 Å². The first-order valence-electron chi connectivity index (χ1n) is 5.46. The van der Waals surface area contributed by atoms with Gasteiger partial charge in [0.15, 0.2) is 0 Å². The molecule has 0 bridgehead atoms. The molecule has 1 saturated heterocycles. The molecule has 88 valence electrons. The normalized spacial score (nSPS) is 14.5. The fourth-order valence-corrected chi connectivity index (χ4v) is 2.19. The number of halogens is 1. The third-order valence-corrected chi connectivity index (χ3v) is 3.23. The number of benzene rings is 1. The summed E-state index contributed by atoms with van der Waals surface area (Å²) in [5, 5.41) is 11.7. The van der Waals surface area contributed by atoms with Crippen LogP contribution in [0.2, 0.25) is 0 Å². The minimum absolute atomic E-state index is 0.128. The largest absolute Gasteiger partial charge is 0.325 e. The lowest BCUT2D eigenvalue weighted by Gasteiger charge is -2.16. The van der Waals surface area contributed by atoms with E-state index in [1.54, 1.807) is 23.1 Å². The Labute approximate surface area is 108 Å². The Morgan fingerprint density at radius 3 is 2.76 bits per heavy atom. The van der Waals surface area contributed by atoms with Gasteiger partial charge < -0.3 is 10.2 Å². The second-order valence-electron chi connectivity index (χ2n) is 3.93. The fraction of sp³-hybridized carbons (Fsp3) is 0.333. The highest BCUT2D eigenvalue weighted by Crippen LogP contribution is 2.21. The smallest absolute Gasteiger partial charge is 0.321 e. The predicted molar refractivity (Wildman–Crippen MR) is 68.7 cm³/mol. The SMILES string of the molecule is N#Cc1ccc(Br)cc1NC(=O)N1CCCC1. The number of urea groups is 1. The van der Waals surface area contributed by atoms with Crippen LogP contribution in [0.15, 0.2) is 22.7 Å². The summed E-state index contributed by atoms with van der Waals surface area (Å²) in [6.45, 7) is 1.59. The standard InChI is InChI=1S/C12H12BrN3O/c13-10-4-3-9(8-14)11(7-10)15-12(17)16-5-1-2-6-16/h3-4,7H,1-2,5-6H2,(H,15,17). The number of amides is 2. The summed E-state index contributed by atoms with van der Waals surface area (Å²) in [6.07, 6.45) is 2.11. The molecule has 0 spiro atoms. The van der Waals surface area contributed by atoms with Gasteiger partial charge in [-0.3, -0.25) is 0 Å². The van der Waals surface area contributed by atoms with Gasteiger partial charge in [-0.2, -0.15) is 5.26 Å². The van der Waals surface area contributed by atoms with Crippen molar-refractivity contribution in [3.8, 4) is 6.07 Å². The van der Waals surface area contributed by atoms with Crippen molar-refractivity contribution in [3.63, 3.8) is 0 Å². The molecule has 1 heterocycles. The molecule has 0 aliphatic carbocycles. The van der Waals surface area contributed by atoms with Crippen molar-refractivity contribution in [3.05, 3.63) is 28.2 Å². The minimum Gasteiger partial charge on any atom is -0.325 e. The quantitative estimate of drug-likeness (QED) is 0.865. The molecule has 0 radical (unpaired) electrons. The van der Waals surface area contributed by atoms with E-state index in [1.165, 1.54) is 0 Å². The van der Waals surface area contributed by atoms with Gasteiger partial charge in [0.1, 0.15) is 6.07 Å². The van der Waals surface area contributed by atoms with Crippen molar-refractivity contribution in [1.29, 1.82) is 5.26 Å².